The number of rotatable bonds is 6. The molecule has 0 spiro atoms. The maximum Gasteiger partial charge on any atom is 0.295 e. The first-order valence-corrected chi connectivity index (χ1v) is 10.8. The van der Waals surface area contributed by atoms with Crippen LogP contribution in [0.15, 0.2) is 55.1 Å². The van der Waals surface area contributed by atoms with Crippen LogP contribution in [0.5, 0.6) is 0 Å². The highest BCUT2D eigenvalue weighted by molar-refractivity contribution is 6.05. The third-order valence-electron chi connectivity index (χ3n) is 5.93. The van der Waals surface area contributed by atoms with E-state index in [9.17, 15) is 19.7 Å². The van der Waals surface area contributed by atoms with Gasteiger partial charge in [0.15, 0.2) is 0 Å². The van der Waals surface area contributed by atoms with Crippen LogP contribution in [0.1, 0.15) is 52.8 Å². The Balaban J connectivity index is 1.46. The van der Waals surface area contributed by atoms with Gasteiger partial charge in [-0.2, -0.15) is 5.10 Å². The molecule has 0 unspecified atom stereocenters. The number of benzene rings is 2. The van der Waals surface area contributed by atoms with Crippen molar-refractivity contribution >= 4 is 23.2 Å². The first-order valence-electron chi connectivity index (χ1n) is 10.8. The predicted octanol–water partition coefficient (Wildman–Crippen LogP) is 3.83. The summed E-state index contributed by atoms with van der Waals surface area (Å²) in [5.41, 5.74) is 1.11. The van der Waals surface area contributed by atoms with Crippen molar-refractivity contribution in [1.29, 1.82) is 0 Å². The second-order valence-electron chi connectivity index (χ2n) is 8.04. The molecule has 0 aliphatic heterocycles. The molecule has 33 heavy (non-hydrogen) atoms. The molecule has 0 atom stereocenters. The number of hydrogen-bond donors (Lipinski definition) is 1. The predicted molar refractivity (Wildman–Crippen MR) is 121 cm³/mol. The Hall–Kier alpha value is -4.08. The third-order valence-corrected chi connectivity index (χ3v) is 5.93. The van der Waals surface area contributed by atoms with Crippen LogP contribution >= 0.6 is 0 Å². The van der Waals surface area contributed by atoms with Gasteiger partial charge in [0.05, 0.1) is 4.92 Å². The van der Waals surface area contributed by atoms with Crippen molar-refractivity contribution < 1.29 is 14.5 Å². The van der Waals surface area contributed by atoms with Gasteiger partial charge in [-0.25, -0.2) is 9.67 Å². The van der Waals surface area contributed by atoms with E-state index in [1.807, 2.05) is 11.9 Å². The molecule has 10 heteroatoms. The van der Waals surface area contributed by atoms with Crippen molar-refractivity contribution in [3.63, 3.8) is 0 Å². The van der Waals surface area contributed by atoms with Gasteiger partial charge in [-0.05, 0) is 49.2 Å². The lowest BCUT2D eigenvalue weighted by Crippen LogP contribution is -2.38. The van der Waals surface area contributed by atoms with Gasteiger partial charge in [0, 0.05) is 36.0 Å². The molecule has 1 aromatic heterocycles. The van der Waals surface area contributed by atoms with Gasteiger partial charge < -0.3 is 10.2 Å². The van der Waals surface area contributed by atoms with Crippen LogP contribution in [-0.4, -0.2) is 49.5 Å². The lowest BCUT2D eigenvalue weighted by atomic mass is 9.94. The number of nitro groups is 1. The zero-order valence-corrected chi connectivity index (χ0v) is 18.2. The number of nitrogens with zero attached hydrogens (tertiary/aromatic N) is 5. The van der Waals surface area contributed by atoms with Crippen molar-refractivity contribution in [1.82, 2.24) is 19.7 Å². The molecular weight excluding hydrogens is 424 g/mol. The Labute approximate surface area is 190 Å². The van der Waals surface area contributed by atoms with Crippen LogP contribution in [0.2, 0.25) is 0 Å². The van der Waals surface area contributed by atoms with Gasteiger partial charge in [0.1, 0.15) is 18.3 Å². The fourth-order valence-electron chi connectivity index (χ4n) is 4.07. The third kappa shape index (κ3) is 4.89. The molecule has 4 rings (SSSR count). The molecule has 1 heterocycles. The normalized spacial score (nSPS) is 14.0. The number of carbonyl (C=O) groups is 2. The number of aromatic nitrogens is 3. The first-order chi connectivity index (χ1) is 15.9. The summed E-state index contributed by atoms with van der Waals surface area (Å²) in [6, 6.07) is 11.0. The standard InChI is InChI=1S/C23H24N6O4/c1-27(19-5-3-2-4-6-19)23(31)16-7-10-18(11-8-16)26-22(30)17-9-12-20(21(13-17)29(32)33)28-15-24-14-25-28/h7-15,19H,2-6H2,1H3,(H,26,30). The monoisotopic (exact) mass is 448 g/mol. The van der Waals surface area contributed by atoms with E-state index in [-0.39, 0.29) is 28.9 Å². The van der Waals surface area contributed by atoms with E-state index in [4.69, 9.17) is 0 Å². The fraction of sp³-hybridized carbons (Fsp3) is 0.304. The molecule has 0 saturated heterocycles. The molecule has 10 nitrogen and oxygen atoms in total. The quantitative estimate of drug-likeness (QED) is 0.451. The van der Waals surface area contributed by atoms with Gasteiger partial charge in [-0.15, -0.1) is 0 Å². The summed E-state index contributed by atoms with van der Waals surface area (Å²) >= 11 is 0. The number of amides is 2. The molecule has 1 N–H and O–H groups in total. The maximum atomic E-state index is 12.8. The average Bonchev–Trinajstić information content (AvgIpc) is 3.38. The number of hydrogen-bond acceptors (Lipinski definition) is 6. The molecule has 1 fully saturated rings. The zero-order valence-electron chi connectivity index (χ0n) is 18.2. The van der Waals surface area contributed by atoms with E-state index in [1.54, 1.807) is 24.3 Å². The minimum absolute atomic E-state index is 0.0425. The van der Waals surface area contributed by atoms with Crippen molar-refractivity contribution in [3.05, 3.63) is 76.4 Å². The van der Waals surface area contributed by atoms with E-state index in [1.165, 1.54) is 42.0 Å². The Bertz CT molecular complexity index is 1150. The molecule has 2 aromatic carbocycles. The van der Waals surface area contributed by atoms with E-state index in [2.05, 4.69) is 15.4 Å². The Kier molecular flexibility index (Phi) is 6.43. The van der Waals surface area contributed by atoms with Gasteiger partial charge in [-0.3, -0.25) is 19.7 Å². The molecule has 3 aromatic rings. The summed E-state index contributed by atoms with van der Waals surface area (Å²) in [6.07, 6.45) is 8.18. The van der Waals surface area contributed by atoms with Crippen LogP contribution in [0.25, 0.3) is 5.69 Å². The summed E-state index contributed by atoms with van der Waals surface area (Å²) in [6.45, 7) is 0. The molecule has 170 valence electrons. The minimum Gasteiger partial charge on any atom is -0.339 e. The van der Waals surface area contributed by atoms with Crippen molar-refractivity contribution in [2.45, 2.75) is 38.1 Å². The Morgan fingerprint density at radius 1 is 1.09 bits per heavy atom. The summed E-state index contributed by atoms with van der Waals surface area (Å²) in [5, 5.41) is 18.1. The summed E-state index contributed by atoms with van der Waals surface area (Å²) < 4.78 is 1.26. The smallest absolute Gasteiger partial charge is 0.295 e. The maximum absolute atomic E-state index is 12.8. The highest BCUT2D eigenvalue weighted by atomic mass is 16.6. The van der Waals surface area contributed by atoms with Crippen molar-refractivity contribution in [2.24, 2.45) is 0 Å². The molecule has 2 amide bonds. The van der Waals surface area contributed by atoms with E-state index < -0.39 is 10.8 Å². The van der Waals surface area contributed by atoms with Crippen molar-refractivity contribution in [2.75, 3.05) is 12.4 Å². The topological polar surface area (TPSA) is 123 Å². The second kappa shape index (κ2) is 9.60. The van der Waals surface area contributed by atoms with Gasteiger partial charge in [0.2, 0.25) is 0 Å². The van der Waals surface area contributed by atoms with Gasteiger partial charge in [-0.1, -0.05) is 19.3 Å². The summed E-state index contributed by atoms with van der Waals surface area (Å²) in [5.74, 6) is -0.541. The van der Waals surface area contributed by atoms with Gasteiger partial charge >= 0.3 is 0 Å². The molecule has 1 aliphatic rings. The summed E-state index contributed by atoms with van der Waals surface area (Å²) in [4.78, 5) is 42.0. The van der Waals surface area contributed by atoms with E-state index in [0.29, 0.717) is 11.3 Å². The minimum atomic E-state index is -0.572. The second-order valence-corrected chi connectivity index (χ2v) is 8.04. The highest BCUT2D eigenvalue weighted by Gasteiger charge is 2.23. The largest absolute Gasteiger partial charge is 0.339 e. The average molecular weight is 448 g/mol. The van der Waals surface area contributed by atoms with Crippen LogP contribution < -0.4 is 5.32 Å². The zero-order chi connectivity index (χ0) is 23.4. The van der Waals surface area contributed by atoms with E-state index in [0.717, 1.165) is 25.7 Å². The number of nitro benzene ring substituents is 1. The van der Waals surface area contributed by atoms with Crippen LogP contribution in [-0.2, 0) is 0 Å². The number of nitrogens with one attached hydrogen (secondary N) is 1. The van der Waals surface area contributed by atoms with Crippen LogP contribution in [0, 0.1) is 10.1 Å². The Morgan fingerprint density at radius 2 is 1.79 bits per heavy atom. The van der Waals surface area contributed by atoms with Crippen LogP contribution in [0.4, 0.5) is 11.4 Å². The molecular formula is C23H24N6O4. The number of anilines is 1. The SMILES string of the molecule is CN(C(=O)c1ccc(NC(=O)c2ccc(-n3cncn3)c([N+](=O)[O-])c2)cc1)C1CCCCC1. The number of carbonyl (C=O) groups excluding carboxylic acids is 2. The van der Waals surface area contributed by atoms with E-state index >= 15 is 0 Å². The molecule has 1 aliphatic carbocycles. The molecule has 0 bridgehead atoms. The Morgan fingerprint density at radius 3 is 2.42 bits per heavy atom. The molecule has 0 radical (unpaired) electrons. The van der Waals surface area contributed by atoms with Crippen LogP contribution in [0.3, 0.4) is 0 Å². The lowest BCUT2D eigenvalue weighted by molar-refractivity contribution is -0.384. The van der Waals surface area contributed by atoms with Crippen molar-refractivity contribution in [3.8, 4) is 5.69 Å². The lowest BCUT2D eigenvalue weighted by Gasteiger charge is -2.31. The summed E-state index contributed by atoms with van der Waals surface area (Å²) in [7, 11) is 1.84. The molecule has 1 saturated carbocycles. The van der Waals surface area contributed by atoms with Gasteiger partial charge in [0.25, 0.3) is 17.5 Å². The fourth-order valence-corrected chi connectivity index (χ4v) is 4.07. The highest BCUT2D eigenvalue weighted by Crippen LogP contribution is 2.25. The first kappa shape index (κ1) is 22.1.